The fourth-order valence-corrected chi connectivity index (χ4v) is 5.11. The molecule has 2 aromatic rings. The zero-order valence-corrected chi connectivity index (χ0v) is 16.5. The Balaban J connectivity index is 1.70. The Hall–Kier alpha value is -2.22. The Morgan fingerprint density at radius 2 is 2.07 bits per heavy atom. The lowest BCUT2D eigenvalue weighted by Gasteiger charge is -2.27. The fourth-order valence-electron chi connectivity index (χ4n) is 3.38. The molecule has 1 unspecified atom stereocenters. The van der Waals surface area contributed by atoms with Crippen molar-refractivity contribution in [2.45, 2.75) is 32.7 Å². The molecule has 0 aliphatic carbocycles. The largest absolute Gasteiger partial charge is 0.370 e. The highest BCUT2D eigenvalue weighted by molar-refractivity contribution is 7.91. The van der Waals surface area contributed by atoms with Crippen LogP contribution in [0.1, 0.15) is 24.6 Å². The summed E-state index contributed by atoms with van der Waals surface area (Å²) >= 11 is 0. The smallest absolute Gasteiger partial charge is 0.227 e. The van der Waals surface area contributed by atoms with Gasteiger partial charge in [0.15, 0.2) is 9.84 Å². The van der Waals surface area contributed by atoms with Crippen molar-refractivity contribution < 1.29 is 12.8 Å². The van der Waals surface area contributed by atoms with Crippen molar-refractivity contribution in [1.29, 1.82) is 0 Å². The van der Waals surface area contributed by atoms with Gasteiger partial charge in [0, 0.05) is 30.9 Å². The fraction of sp³-hybridized carbons (Fsp3) is 0.474. The van der Waals surface area contributed by atoms with Gasteiger partial charge in [0.1, 0.15) is 11.6 Å². The van der Waals surface area contributed by atoms with Crippen LogP contribution in [0.15, 0.2) is 30.3 Å². The number of halogens is 1. The van der Waals surface area contributed by atoms with Crippen molar-refractivity contribution in [2.75, 3.05) is 34.8 Å². The molecule has 1 N–H and O–H groups in total. The minimum absolute atomic E-state index is 0.0898. The van der Waals surface area contributed by atoms with Crippen LogP contribution in [0.4, 0.5) is 16.2 Å². The summed E-state index contributed by atoms with van der Waals surface area (Å²) in [5, 5.41) is 3.22. The minimum atomic E-state index is -2.98. The zero-order valence-electron chi connectivity index (χ0n) is 15.7. The number of aromatic nitrogens is 2. The van der Waals surface area contributed by atoms with Crippen LogP contribution in [0.25, 0.3) is 0 Å². The molecule has 2 heterocycles. The molecule has 1 atom stereocenters. The van der Waals surface area contributed by atoms with Gasteiger partial charge in [0.2, 0.25) is 5.95 Å². The van der Waals surface area contributed by atoms with Crippen molar-refractivity contribution >= 4 is 21.6 Å². The van der Waals surface area contributed by atoms with Crippen LogP contribution in [-0.2, 0) is 16.3 Å². The molecule has 146 valence electrons. The highest BCUT2D eigenvalue weighted by Gasteiger charge is 2.33. The molecular formula is C19H25FN4O2S. The second-order valence-corrected chi connectivity index (χ2v) is 9.03. The van der Waals surface area contributed by atoms with E-state index in [1.165, 1.54) is 6.07 Å². The second kappa shape index (κ2) is 8.21. The van der Waals surface area contributed by atoms with Gasteiger partial charge < -0.3 is 10.2 Å². The van der Waals surface area contributed by atoms with Crippen LogP contribution in [0.2, 0.25) is 0 Å². The van der Waals surface area contributed by atoms with Crippen LogP contribution in [0.5, 0.6) is 0 Å². The summed E-state index contributed by atoms with van der Waals surface area (Å²) in [4.78, 5) is 11.0. The third-order valence-corrected chi connectivity index (χ3v) is 6.50. The molecule has 8 heteroatoms. The first-order valence-electron chi connectivity index (χ1n) is 9.18. The monoisotopic (exact) mass is 392 g/mol. The molecule has 1 aromatic carbocycles. The Kier molecular flexibility index (Phi) is 5.94. The van der Waals surface area contributed by atoms with Crippen LogP contribution in [0, 0.1) is 12.7 Å². The zero-order chi connectivity index (χ0) is 19.4. The normalized spacial score (nSPS) is 18.4. The van der Waals surface area contributed by atoms with Gasteiger partial charge in [-0.1, -0.05) is 18.2 Å². The summed E-state index contributed by atoms with van der Waals surface area (Å²) in [6.45, 7) is 5.04. The van der Waals surface area contributed by atoms with E-state index in [2.05, 4.69) is 15.3 Å². The molecule has 1 saturated heterocycles. The molecule has 1 aliphatic rings. The molecule has 0 bridgehead atoms. The highest BCUT2D eigenvalue weighted by Crippen LogP contribution is 2.23. The lowest BCUT2D eigenvalue weighted by atomic mass is 10.1. The third-order valence-electron chi connectivity index (χ3n) is 4.75. The van der Waals surface area contributed by atoms with Crippen LogP contribution < -0.4 is 10.2 Å². The van der Waals surface area contributed by atoms with Crippen LogP contribution in [-0.4, -0.2) is 49.0 Å². The summed E-state index contributed by atoms with van der Waals surface area (Å²) < 4.78 is 37.4. The number of rotatable bonds is 7. The number of anilines is 2. The Morgan fingerprint density at radius 3 is 2.74 bits per heavy atom. The number of nitrogens with zero attached hydrogens (tertiary/aromatic N) is 3. The summed E-state index contributed by atoms with van der Waals surface area (Å²) in [6.07, 6.45) is 1.15. The van der Waals surface area contributed by atoms with Gasteiger partial charge in [0.25, 0.3) is 0 Å². The van der Waals surface area contributed by atoms with Gasteiger partial charge in [-0.3, -0.25) is 0 Å². The number of nitrogens with one attached hydrogen (secondary N) is 1. The van der Waals surface area contributed by atoms with E-state index < -0.39 is 9.84 Å². The minimum Gasteiger partial charge on any atom is -0.370 e. The molecule has 0 spiro atoms. The van der Waals surface area contributed by atoms with Gasteiger partial charge in [-0.15, -0.1) is 0 Å². The average molecular weight is 393 g/mol. The van der Waals surface area contributed by atoms with Gasteiger partial charge >= 0.3 is 0 Å². The SMILES string of the molecule is CCN(c1nc(C)cc(NCCc2ccccc2F)n1)C1CCS(=O)(=O)C1. The molecule has 1 aliphatic heterocycles. The molecule has 0 amide bonds. The van der Waals surface area contributed by atoms with Gasteiger partial charge in [-0.05, 0) is 38.3 Å². The van der Waals surface area contributed by atoms with E-state index in [0.717, 1.165) is 5.69 Å². The van der Waals surface area contributed by atoms with Crippen molar-refractivity contribution in [1.82, 2.24) is 9.97 Å². The van der Waals surface area contributed by atoms with E-state index in [9.17, 15) is 12.8 Å². The number of hydrogen-bond donors (Lipinski definition) is 1. The Labute approximate surface area is 159 Å². The Morgan fingerprint density at radius 1 is 1.30 bits per heavy atom. The maximum absolute atomic E-state index is 13.7. The van der Waals surface area contributed by atoms with Crippen molar-refractivity contribution in [3.05, 3.63) is 47.4 Å². The summed E-state index contributed by atoms with van der Waals surface area (Å²) in [5.74, 6) is 1.35. The molecule has 1 aromatic heterocycles. The predicted molar refractivity (Wildman–Crippen MR) is 105 cm³/mol. The molecule has 27 heavy (non-hydrogen) atoms. The molecule has 3 rings (SSSR count). The molecule has 0 saturated carbocycles. The van der Waals surface area contributed by atoms with Gasteiger partial charge in [-0.25, -0.2) is 17.8 Å². The highest BCUT2D eigenvalue weighted by atomic mass is 32.2. The van der Waals surface area contributed by atoms with Gasteiger partial charge in [-0.2, -0.15) is 4.98 Å². The van der Waals surface area contributed by atoms with E-state index in [0.29, 0.717) is 43.3 Å². The number of benzene rings is 1. The van der Waals surface area contributed by atoms with E-state index in [-0.39, 0.29) is 23.4 Å². The molecule has 1 fully saturated rings. The molecule has 0 radical (unpaired) electrons. The third kappa shape index (κ3) is 4.94. The van der Waals surface area contributed by atoms with E-state index in [4.69, 9.17) is 0 Å². The number of sulfone groups is 1. The first-order chi connectivity index (χ1) is 12.9. The van der Waals surface area contributed by atoms with E-state index in [1.54, 1.807) is 12.1 Å². The summed E-state index contributed by atoms with van der Waals surface area (Å²) in [5.41, 5.74) is 1.45. The lowest BCUT2D eigenvalue weighted by Crippen LogP contribution is -2.37. The average Bonchev–Trinajstić information content (AvgIpc) is 2.96. The first kappa shape index (κ1) is 19.5. The van der Waals surface area contributed by atoms with E-state index >= 15 is 0 Å². The maximum Gasteiger partial charge on any atom is 0.227 e. The number of aryl methyl sites for hydroxylation is 1. The van der Waals surface area contributed by atoms with Crippen molar-refractivity contribution in [2.24, 2.45) is 0 Å². The summed E-state index contributed by atoms with van der Waals surface area (Å²) in [7, 11) is -2.98. The lowest BCUT2D eigenvalue weighted by molar-refractivity contribution is 0.599. The molecular weight excluding hydrogens is 367 g/mol. The van der Waals surface area contributed by atoms with Crippen molar-refractivity contribution in [3.8, 4) is 0 Å². The summed E-state index contributed by atoms with van der Waals surface area (Å²) in [6, 6.07) is 8.47. The quantitative estimate of drug-likeness (QED) is 0.781. The van der Waals surface area contributed by atoms with E-state index in [1.807, 2.05) is 30.9 Å². The number of hydrogen-bond acceptors (Lipinski definition) is 6. The topological polar surface area (TPSA) is 75.2 Å². The Bertz CT molecular complexity index is 904. The first-order valence-corrected chi connectivity index (χ1v) is 11.0. The van der Waals surface area contributed by atoms with Crippen LogP contribution >= 0.6 is 0 Å². The second-order valence-electron chi connectivity index (χ2n) is 6.81. The standard InChI is InChI=1S/C19H25FN4O2S/c1-3-24(16-9-11-27(25,26)13-16)19-22-14(2)12-18(23-19)21-10-8-15-6-4-5-7-17(15)20/h4-7,12,16H,3,8-11,13H2,1-2H3,(H,21,22,23). The molecule has 6 nitrogen and oxygen atoms in total. The van der Waals surface area contributed by atoms with Crippen molar-refractivity contribution in [3.63, 3.8) is 0 Å². The maximum atomic E-state index is 13.7. The van der Waals surface area contributed by atoms with Crippen LogP contribution in [0.3, 0.4) is 0 Å². The van der Waals surface area contributed by atoms with Gasteiger partial charge in [0.05, 0.1) is 11.5 Å². The predicted octanol–water partition coefficient (Wildman–Crippen LogP) is 2.59.